The first-order chi connectivity index (χ1) is 9.97. The van der Waals surface area contributed by atoms with Crippen molar-refractivity contribution < 1.29 is 4.21 Å². The lowest BCUT2D eigenvalue weighted by atomic mass is 10.3. The maximum Gasteiger partial charge on any atom is 0.0767 e. The molecule has 1 heterocycles. The minimum absolute atomic E-state index is 0.391. The second kappa shape index (κ2) is 6.94. The van der Waals surface area contributed by atoms with Gasteiger partial charge in [0.2, 0.25) is 0 Å². The summed E-state index contributed by atoms with van der Waals surface area (Å²) in [5, 5.41) is 4.94. The van der Waals surface area contributed by atoms with Crippen molar-refractivity contribution in [2.75, 3.05) is 5.73 Å². The molecule has 1 aromatic heterocycles. The molecule has 0 aliphatic heterocycles. The second-order valence-electron chi connectivity index (χ2n) is 4.55. The highest BCUT2D eigenvalue weighted by Gasteiger charge is 2.17. The lowest BCUT2D eigenvalue weighted by Gasteiger charge is -2.07. The Labute approximate surface area is 140 Å². The minimum Gasteiger partial charge on any atom is -0.398 e. The number of nitrogen functional groups attached to an aromatic ring is 1. The van der Waals surface area contributed by atoms with Crippen molar-refractivity contribution in [2.45, 2.75) is 37.5 Å². The molecule has 4 nitrogen and oxygen atoms in total. The van der Waals surface area contributed by atoms with Crippen molar-refractivity contribution in [1.29, 1.82) is 0 Å². The molecule has 0 aliphatic rings. The fourth-order valence-electron chi connectivity index (χ4n) is 2.01. The van der Waals surface area contributed by atoms with Crippen LogP contribution < -0.4 is 5.73 Å². The third-order valence-corrected chi connectivity index (χ3v) is 5.75. The Morgan fingerprint density at radius 2 is 2.14 bits per heavy atom. The zero-order valence-corrected chi connectivity index (χ0v) is 15.1. The predicted molar refractivity (Wildman–Crippen MR) is 91.0 cm³/mol. The molecule has 0 bridgehead atoms. The Bertz CT molecular complexity index is 687. The van der Waals surface area contributed by atoms with Crippen molar-refractivity contribution in [2.24, 2.45) is 0 Å². The fourth-order valence-corrected chi connectivity index (χ4v) is 4.33. The van der Waals surface area contributed by atoms with E-state index in [9.17, 15) is 4.21 Å². The standard InChI is InChI=1S/C14H17BrClN3OS/c1-3-12-14(15)13(19(4-2)18-12)8-21(20)9-5-6-11(17)10(16)7-9/h5-7H,3-4,8,17H2,1-2H3. The van der Waals surface area contributed by atoms with Gasteiger partial charge >= 0.3 is 0 Å². The van der Waals surface area contributed by atoms with Crippen LogP contribution in [0.4, 0.5) is 5.69 Å². The summed E-state index contributed by atoms with van der Waals surface area (Å²) in [5.74, 6) is 0.391. The minimum atomic E-state index is -1.19. The molecule has 0 saturated carbocycles. The van der Waals surface area contributed by atoms with Crippen molar-refractivity contribution in [3.05, 3.63) is 39.1 Å². The summed E-state index contributed by atoms with van der Waals surface area (Å²) in [6.45, 7) is 4.81. The highest BCUT2D eigenvalue weighted by molar-refractivity contribution is 9.10. The van der Waals surface area contributed by atoms with Gasteiger partial charge in [0, 0.05) is 11.4 Å². The van der Waals surface area contributed by atoms with Crippen LogP contribution >= 0.6 is 27.5 Å². The van der Waals surface area contributed by atoms with Crippen molar-refractivity contribution in [3.8, 4) is 0 Å². The van der Waals surface area contributed by atoms with Crippen LogP contribution in [0.25, 0.3) is 0 Å². The molecule has 2 rings (SSSR count). The third-order valence-electron chi connectivity index (χ3n) is 3.20. The average Bonchev–Trinajstić information content (AvgIpc) is 2.78. The topological polar surface area (TPSA) is 60.9 Å². The molecule has 0 amide bonds. The Hall–Kier alpha value is -0.850. The van der Waals surface area contributed by atoms with E-state index in [1.165, 1.54) is 0 Å². The molecule has 1 atom stereocenters. The van der Waals surface area contributed by atoms with Crippen LogP contribution in [0.15, 0.2) is 27.6 Å². The summed E-state index contributed by atoms with van der Waals surface area (Å²) in [6.07, 6.45) is 0.834. The van der Waals surface area contributed by atoms with Gasteiger partial charge < -0.3 is 5.73 Å². The molecule has 0 saturated heterocycles. The Kier molecular flexibility index (Phi) is 5.46. The zero-order chi connectivity index (χ0) is 15.6. The molecular formula is C14H17BrClN3OS. The molecule has 1 unspecified atom stereocenters. The van der Waals surface area contributed by atoms with Crippen molar-refractivity contribution >= 4 is 44.0 Å². The van der Waals surface area contributed by atoms with Gasteiger partial charge in [-0.15, -0.1) is 0 Å². The Morgan fingerprint density at radius 1 is 1.43 bits per heavy atom. The van der Waals surface area contributed by atoms with E-state index in [0.29, 0.717) is 21.4 Å². The number of aryl methyl sites for hydroxylation is 2. The summed E-state index contributed by atoms with van der Waals surface area (Å²) < 4.78 is 15.4. The van der Waals surface area contributed by atoms with Gasteiger partial charge in [-0.1, -0.05) is 18.5 Å². The van der Waals surface area contributed by atoms with E-state index in [-0.39, 0.29) is 0 Å². The normalized spacial score (nSPS) is 12.6. The number of nitrogens with zero attached hydrogens (tertiary/aromatic N) is 2. The Morgan fingerprint density at radius 3 is 2.71 bits per heavy atom. The van der Waals surface area contributed by atoms with E-state index in [1.807, 2.05) is 18.5 Å². The van der Waals surface area contributed by atoms with Crippen LogP contribution in [0.2, 0.25) is 5.02 Å². The van der Waals surface area contributed by atoms with Gasteiger partial charge in [0.1, 0.15) is 0 Å². The van der Waals surface area contributed by atoms with Crippen LogP contribution in [0.5, 0.6) is 0 Å². The van der Waals surface area contributed by atoms with E-state index >= 15 is 0 Å². The molecule has 0 spiro atoms. The highest BCUT2D eigenvalue weighted by atomic mass is 79.9. The highest BCUT2D eigenvalue weighted by Crippen LogP contribution is 2.27. The number of halogens is 2. The summed E-state index contributed by atoms with van der Waals surface area (Å²) in [6, 6.07) is 5.09. The van der Waals surface area contributed by atoms with Crippen LogP contribution in [0.3, 0.4) is 0 Å². The van der Waals surface area contributed by atoms with Gasteiger partial charge in [0.25, 0.3) is 0 Å². The van der Waals surface area contributed by atoms with E-state index in [2.05, 4.69) is 21.0 Å². The largest absolute Gasteiger partial charge is 0.398 e. The van der Waals surface area contributed by atoms with E-state index in [0.717, 1.165) is 28.8 Å². The number of anilines is 1. The number of hydrogen-bond acceptors (Lipinski definition) is 3. The Balaban J connectivity index is 2.31. The van der Waals surface area contributed by atoms with Gasteiger partial charge in [0.15, 0.2) is 0 Å². The van der Waals surface area contributed by atoms with Crippen LogP contribution in [-0.4, -0.2) is 14.0 Å². The smallest absolute Gasteiger partial charge is 0.0767 e. The zero-order valence-electron chi connectivity index (χ0n) is 11.9. The van der Waals surface area contributed by atoms with Gasteiger partial charge in [-0.25, -0.2) is 0 Å². The molecular weight excluding hydrogens is 374 g/mol. The number of nitrogens with two attached hydrogens (primary N) is 1. The maximum atomic E-state index is 12.5. The van der Waals surface area contributed by atoms with E-state index in [4.69, 9.17) is 17.3 Å². The number of aromatic nitrogens is 2. The monoisotopic (exact) mass is 389 g/mol. The predicted octanol–water partition coefficient (Wildman–Crippen LogP) is 3.77. The molecule has 2 aromatic rings. The van der Waals surface area contributed by atoms with Crippen LogP contribution in [0.1, 0.15) is 25.2 Å². The quantitative estimate of drug-likeness (QED) is 0.790. The van der Waals surface area contributed by atoms with Gasteiger partial charge in [-0.05, 0) is 47.5 Å². The lowest BCUT2D eigenvalue weighted by Crippen LogP contribution is -2.06. The molecule has 0 aliphatic carbocycles. The molecule has 0 radical (unpaired) electrons. The van der Waals surface area contributed by atoms with E-state index in [1.54, 1.807) is 18.2 Å². The third kappa shape index (κ3) is 3.49. The van der Waals surface area contributed by atoms with Crippen molar-refractivity contribution in [3.63, 3.8) is 0 Å². The average molecular weight is 391 g/mol. The van der Waals surface area contributed by atoms with Gasteiger partial charge in [0.05, 0.1) is 43.1 Å². The van der Waals surface area contributed by atoms with Crippen LogP contribution in [-0.2, 0) is 29.5 Å². The second-order valence-corrected chi connectivity index (χ2v) is 7.20. The number of rotatable bonds is 5. The fraction of sp³-hybridized carbons (Fsp3) is 0.357. The molecule has 21 heavy (non-hydrogen) atoms. The maximum absolute atomic E-state index is 12.5. The SMILES string of the molecule is CCc1nn(CC)c(CS(=O)c2ccc(N)c(Cl)c2)c1Br. The number of hydrogen-bond donors (Lipinski definition) is 1. The molecule has 114 valence electrons. The first-order valence-corrected chi connectivity index (χ1v) is 9.14. The van der Waals surface area contributed by atoms with E-state index < -0.39 is 10.8 Å². The summed E-state index contributed by atoms with van der Waals surface area (Å²) in [5.41, 5.74) is 8.10. The molecule has 1 aromatic carbocycles. The molecule has 7 heteroatoms. The lowest BCUT2D eigenvalue weighted by molar-refractivity contribution is 0.623. The first-order valence-electron chi connectivity index (χ1n) is 6.65. The molecule has 0 fully saturated rings. The van der Waals surface area contributed by atoms with Gasteiger partial charge in [-0.3, -0.25) is 8.89 Å². The summed E-state index contributed by atoms with van der Waals surface area (Å²) in [7, 11) is -1.19. The molecule has 2 N–H and O–H groups in total. The van der Waals surface area contributed by atoms with Crippen molar-refractivity contribution in [1.82, 2.24) is 9.78 Å². The van der Waals surface area contributed by atoms with Crippen LogP contribution in [0, 0.1) is 0 Å². The summed E-state index contributed by atoms with van der Waals surface area (Å²) >= 11 is 9.56. The first kappa shape index (κ1) is 16.5. The van der Waals surface area contributed by atoms with Gasteiger partial charge in [-0.2, -0.15) is 5.10 Å². The summed E-state index contributed by atoms with van der Waals surface area (Å²) in [4.78, 5) is 0.669. The number of benzene rings is 1.